The van der Waals surface area contributed by atoms with Gasteiger partial charge in [-0.05, 0) is 0 Å². The highest BCUT2D eigenvalue weighted by Gasteiger charge is 2.20. The van der Waals surface area contributed by atoms with Gasteiger partial charge in [0.15, 0.2) is 11.6 Å². The van der Waals surface area contributed by atoms with Crippen molar-refractivity contribution >= 4 is 5.69 Å². The smallest absolute Gasteiger partial charge is 0.165 e. The molecule has 6 N–H and O–H groups in total. The summed E-state index contributed by atoms with van der Waals surface area (Å²) in [7, 11) is 0. The monoisotopic (exact) mass is 205 g/mol. The average Bonchev–Trinajstić information content (AvgIpc) is 2.15. The van der Waals surface area contributed by atoms with E-state index in [1.807, 2.05) is 0 Å². The molecule has 14 heavy (non-hydrogen) atoms. The van der Waals surface area contributed by atoms with Crippen molar-refractivity contribution in [1.82, 2.24) is 0 Å². The Morgan fingerprint density at radius 1 is 1.21 bits per heavy atom. The maximum Gasteiger partial charge on any atom is 0.165 e. The second-order valence-corrected chi connectivity index (χ2v) is 2.82. The van der Waals surface area contributed by atoms with Crippen molar-refractivity contribution in [2.45, 2.75) is 6.04 Å². The molecule has 0 unspecified atom stereocenters. The second-order valence-electron chi connectivity index (χ2n) is 2.82. The molecule has 0 saturated carbocycles. The highest BCUT2D eigenvalue weighted by Crippen LogP contribution is 2.26. The van der Waals surface area contributed by atoms with Gasteiger partial charge < -0.3 is 17.2 Å². The first kappa shape index (κ1) is 10.8. The van der Waals surface area contributed by atoms with Gasteiger partial charge in [-0.3, -0.25) is 0 Å². The lowest BCUT2D eigenvalue weighted by atomic mass is 10.0. The van der Waals surface area contributed by atoms with Gasteiger partial charge in [-0.15, -0.1) is 0 Å². The van der Waals surface area contributed by atoms with E-state index in [2.05, 4.69) is 0 Å². The first-order chi connectivity index (χ1) is 6.49. The molecule has 0 aliphatic heterocycles. The molecule has 0 bridgehead atoms. The van der Waals surface area contributed by atoms with Gasteiger partial charge in [0, 0.05) is 24.2 Å². The molecule has 0 radical (unpaired) electrons. The fourth-order valence-corrected chi connectivity index (χ4v) is 1.11. The molecule has 1 aromatic carbocycles. The Morgan fingerprint density at radius 2 is 1.79 bits per heavy atom. The maximum absolute atomic E-state index is 13.1. The largest absolute Gasteiger partial charge is 0.396 e. The molecule has 78 valence electrons. The average molecular weight is 205 g/mol. The van der Waals surface area contributed by atoms with Crippen LogP contribution >= 0.6 is 0 Å². The first-order valence-corrected chi connectivity index (χ1v) is 3.87. The van der Waals surface area contributed by atoms with Crippen molar-refractivity contribution in [2.24, 2.45) is 11.5 Å². The van der Waals surface area contributed by atoms with E-state index in [0.717, 1.165) is 0 Å². The van der Waals surface area contributed by atoms with Crippen molar-refractivity contribution in [1.29, 1.82) is 0 Å². The zero-order chi connectivity index (χ0) is 10.9. The number of anilines is 1. The lowest BCUT2D eigenvalue weighted by Crippen LogP contribution is -2.24. The van der Waals surface area contributed by atoms with E-state index in [-0.39, 0.29) is 6.54 Å². The van der Waals surface area contributed by atoms with Gasteiger partial charge in [-0.2, -0.15) is 0 Å². The molecule has 3 nitrogen and oxygen atoms in total. The van der Waals surface area contributed by atoms with Gasteiger partial charge in [-0.1, -0.05) is 0 Å². The summed E-state index contributed by atoms with van der Waals surface area (Å²) >= 11 is 0. The lowest BCUT2D eigenvalue weighted by molar-refractivity contribution is 0.478. The molecule has 0 aliphatic carbocycles. The summed E-state index contributed by atoms with van der Waals surface area (Å²) in [5, 5.41) is 0. The van der Waals surface area contributed by atoms with Gasteiger partial charge in [0.25, 0.3) is 0 Å². The third-order valence-corrected chi connectivity index (χ3v) is 1.87. The molecule has 0 aromatic heterocycles. The van der Waals surface area contributed by atoms with Crippen molar-refractivity contribution in [3.05, 3.63) is 29.1 Å². The Balaban J connectivity index is 3.39. The molecule has 1 rings (SSSR count). The summed E-state index contributed by atoms with van der Waals surface area (Å²) in [6.07, 6.45) is 0. The van der Waals surface area contributed by atoms with Crippen LogP contribution < -0.4 is 17.2 Å². The summed E-state index contributed by atoms with van der Waals surface area (Å²) in [5.41, 5.74) is 14.8. The van der Waals surface area contributed by atoms with E-state index < -0.39 is 34.7 Å². The van der Waals surface area contributed by atoms with E-state index in [0.29, 0.717) is 6.07 Å². The van der Waals surface area contributed by atoms with Gasteiger partial charge in [0.05, 0.1) is 5.69 Å². The maximum atomic E-state index is 13.1. The van der Waals surface area contributed by atoms with Crippen LogP contribution in [0.4, 0.5) is 18.9 Å². The van der Waals surface area contributed by atoms with Crippen LogP contribution in [0.2, 0.25) is 0 Å². The summed E-state index contributed by atoms with van der Waals surface area (Å²) in [5.74, 6) is -3.61. The number of hydrogen-bond donors (Lipinski definition) is 3. The van der Waals surface area contributed by atoms with Gasteiger partial charge in [-0.25, -0.2) is 13.2 Å². The standard InChI is InChI=1S/C8H10F3N3/c9-3-1-4(10)8(14)6(7(3)11)5(13)2-12/h1,5H,2,12-14H2/t5-/m0/s1. The minimum absolute atomic E-state index is 0.149. The fraction of sp³-hybridized carbons (Fsp3) is 0.250. The molecule has 0 saturated heterocycles. The van der Waals surface area contributed by atoms with E-state index in [1.54, 1.807) is 0 Å². The van der Waals surface area contributed by atoms with Gasteiger partial charge in [0.1, 0.15) is 5.82 Å². The number of hydrogen-bond acceptors (Lipinski definition) is 3. The quantitative estimate of drug-likeness (QED) is 0.490. The summed E-state index contributed by atoms with van der Waals surface area (Å²) < 4.78 is 38.8. The summed E-state index contributed by atoms with van der Waals surface area (Å²) in [4.78, 5) is 0. The van der Waals surface area contributed by atoms with Crippen LogP contribution in [0.15, 0.2) is 6.07 Å². The predicted octanol–water partition coefficient (Wildman–Crippen LogP) is 0.645. The number of nitrogens with two attached hydrogens (primary N) is 3. The minimum Gasteiger partial charge on any atom is -0.396 e. The molecular weight excluding hydrogens is 195 g/mol. The van der Waals surface area contributed by atoms with E-state index in [9.17, 15) is 13.2 Å². The van der Waals surface area contributed by atoms with Crippen LogP contribution in [0.5, 0.6) is 0 Å². The van der Waals surface area contributed by atoms with Crippen LogP contribution in [-0.4, -0.2) is 6.54 Å². The number of nitrogen functional groups attached to an aromatic ring is 1. The van der Waals surface area contributed by atoms with Crippen molar-refractivity contribution in [3.8, 4) is 0 Å². The number of benzene rings is 1. The molecule has 1 aromatic rings. The first-order valence-electron chi connectivity index (χ1n) is 3.87. The van der Waals surface area contributed by atoms with Crippen LogP contribution in [-0.2, 0) is 0 Å². The highest BCUT2D eigenvalue weighted by molar-refractivity contribution is 5.50. The minimum atomic E-state index is -1.32. The molecule has 0 amide bonds. The van der Waals surface area contributed by atoms with Crippen LogP contribution in [0.3, 0.4) is 0 Å². The Bertz CT molecular complexity index is 328. The fourth-order valence-electron chi connectivity index (χ4n) is 1.11. The predicted molar refractivity (Wildman–Crippen MR) is 46.7 cm³/mol. The SMILES string of the molecule is NC[C@H](N)c1c(N)c(F)cc(F)c1F. The van der Waals surface area contributed by atoms with Crippen LogP contribution in [0.25, 0.3) is 0 Å². The number of halogens is 3. The van der Waals surface area contributed by atoms with E-state index in [1.165, 1.54) is 0 Å². The molecule has 0 fully saturated rings. The number of rotatable bonds is 2. The molecule has 0 aliphatic rings. The lowest BCUT2D eigenvalue weighted by Gasteiger charge is -2.14. The second kappa shape index (κ2) is 3.85. The normalized spacial score (nSPS) is 12.9. The Hall–Kier alpha value is -1.27. The van der Waals surface area contributed by atoms with Crippen molar-refractivity contribution in [3.63, 3.8) is 0 Å². The third-order valence-electron chi connectivity index (χ3n) is 1.87. The zero-order valence-electron chi connectivity index (χ0n) is 7.23. The molecule has 1 atom stereocenters. The van der Waals surface area contributed by atoms with E-state index in [4.69, 9.17) is 17.2 Å². The molecular formula is C8H10F3N3. The van der Waals surface area contributed by atoms with E-state index >= 15 is 0 Å². The Kier molecular flexibility index (Phi) is 2.97. The summed E-state index contributed by atoms with van der Waals surface area (Å²) in [6, 6.07) is -0.641. The summed E-state index contributed by atoms with van der Waals surface area (Å²) in [6.45, 7) is -0.149. The van der Waals surface area contributed by atoms with Crippen molar-refractivity contribution in [2.75, 3.05) is 12.3 Å². The third kappa shape index (κ3) is 1.66. The Labute approximate surface area is 78.7 Å². The van der Waals surface area contributed by atoms with Crippen LogP contribution in [0, 0.1) is 17.5 Å². The topological polar surface area (TPSA) is 78.1 Å². The zero-order valence-corrected chi connectivity index (χ0v) is 7.23. The molecule has 0 spiro atoms. The van der Waals surface area contributed by atoms with Crippen molar-refractivity contribution < 1.29 is 13.2 Å². The van der Waals surface area contributed by atoms with Gasteiger partial charge >= 0.3 is 0 Å². The van der Waals surface area contributed by atoms with Gasteiger partial charge in [0.2, 0.25) is 0 Å². The van der Waals surface area contributed by atoms with Crippen LogP contribution in [0.1, 0.15) is 11.6 Å². The Morgan fingerprint density at radius 3 is 2.29 bits per heavy atom. The highest BCUT2D eigenvalue weighted by atomic mass is 19.2. The molecule has 6 heteroatoms. The molecule has 0 heterocycles.